The Morgan fingerprint density at radius 2 is 2.00 bits per heavy atom. The van der Waals surface area contributed by atoms with E-state index in [0.29, 0.717) is 11.4 Å². The Labute approximate surface area is 101 Å². The summed E-state index contributed by atoms with van der Waals surface area (Å²) in [6.45, 7) is 0. The molecule has 1 aromatic rings. The molecule has 0 spiro atoms. The molecule has 5 nitrogen and oxygen atoms in total. The van der Waals surface area contributed by atoms with E-state index in [1.165, 1.54) is 7.11 Å². The van der Waals surface area contributed by atoms with Crippen molar-refractivity contribution in [1.82, 2.24) is 0 Å². The predicted molar refractivity (Wildman–Crippen MR) is 61.3 cm³/mol. The lowest BCUT2D eigenvalue weighted by Crippen LogP contribution is -2.24. The highest BCUT2D eigenvalue weighted by molar-refractivity contribution is 9.10. The molecule has 1 rings (SSSR count). The average molecular weight is 288 g/mol. The number of nitrogens with one attached hydrogen (secondary N) is 1. The number of benzene rings is 1. The van der Waals surface area contributed by atoms with Gasteiger partial charge in [-0.15, -0.1) is 0 Å². The van der Waals surface area contributed by atoms with Gasteiger partial charge in [0.15, 0.2) is 0 Å². The fourth-order valence-corrected chi connectivity index (χ4v) is 1.41. The number of halogens is 1. The van der Waals surface area contributed by atoms with Crippen LogP contribution in [0.15, 0.2) is 22.7 Å². The van der Waals surface area contributed by atoms with E-state index in [-0.39, 0.29) is 0 Å². The number of hydrogen-bond acceptors (Lipinski definition) is 4. The van der Waals surface area contributed by atoms with Crippen LogP contribution in [-0.4, -0.2) is 26.1 Å². The quantitative estimate of drug-likeness (QED) is 0.662. The largest absolute Gasteiger partial charge is 0.495 e. The summed E-state index contributed by atoms with van der Waals surface area (Å²) in [5, 5.41) is 2.38. The van der Waals surface area contributed by atoms with E-state index in [2.05, 4.69) is 26.0 Å². The zero-order chi connectivity index (χ0) is 12.1. The zero-order valence-corrected chi connectivity index (χ0v) is 10.3. The molecule has 0 fully saturated rings. The fourth-order valence-electron chi connectivity index (χ4n) is 1.04. The summed E-state index contributed by atoms with van der Waals surface area (Å²) in [6.07, 6.45) is 0. The van der Waals surface area contributed by atoms with E-state index >= 15 is 0 Å². The van der Waals surface area contributed by atoms with Crippen LogP contribution in [-0.2, 0) is 14.3 Å². The number of hydrogen-bond donors (Lipinski definition) is 1. The molecule has 0 heterocycles. The molecule has 1 amide bonds. The highest BCUT2D eigenvalue weighted by Crippen LogP contribution is 2.27. The van der Waals surface area contributed by atoms with Crippen molar-refractivity contribution in [3.05, 3.63) is 22.7 Å². The minimum Gasteiger partial charge on any atom is -0.495 e. The number of amides is 1. The van der Waals surface area contributed by atoms with Crippen LogP contribution in [0.25, 0.3) is 0 Å². The monoisotopic (exact) mass is 287 g/mol. The van der Waals surface area contributed by atoms with Gasteiger partial charge in [-0.1, -0.05) is 15.9 Å². The molecule has 0 unspecified atom stereocenters. The highest BCUT2D eigenvalue weighted by atomic mass is 79.9. The van der Waals surface area contributed by atoms with Crippen molar-refractivity contribution in [1.29, 1.82) is 0 Å². The lowest BCUT2D eigenvalue weighted by Gasteiger charge is -2.09. The van der Waals surface area contributed by atoms with E-state index in [9.17, 15) is 9.59 Å². The predicted octanol–water partition coefficient (Wildman–Crippen LogP) is 1.57. The molecule has 0 aliphatic carbocycles. The molecule has 0 aliphatic rings. The molecule has 0 saturated heterocycles. The van der Waals surface area contributed by atoms with Crippen molar-refractivity contribution in [2.45, 2.75) is 0 Å². The summed E-state index contributed by atoms with van der Waals surface area (Å²) in [4.78, 5) is 22.2. The first-order valence-electron chi connectivity index (χ1n) is 4.31. The van der Waals surface area contributed by atoms with Gasteiger partial charge in [0.05, 0.1) is 19.9 Å². The van der Waals surface area contributed by atoms with Crippen LogP contribution in [0.1, 0.15) is 0 Å². The van der Waals surface area contributed by atoms with Crippen molar-refractivity contribution >= 4 is 33.5 Å². The van der Waals surface area contributed by atoms with Crippen LogP contribution in [0.5, 0.6) is 5.75 Å². The first-order valence-corrected chi connectivity index (χ1v) is 5.10. The van der Waals surface area contributed by atoms with E-state index in [1.54, 1.807) is 18.2 Å². The maximum absolute atomic E-state index is 11.3. The zero-order valence-electron chi connectivity index (χ0n) is 8.74. The summed E-state index contributed by atoms with van der Waals surface area (Å²) < 4.78 is 10.1. The summed E-state index contributed by atoms with van der Waals surface area (Å²) in [5.41, 5.74) is 0.396. The van der Waals surface area contributed by atoms with Gasteiger partial charge >= 0.3 is 11.9 Å². The van der Waals surface area contributed by atoms with Crippen LogP contribution in [0.2, 0.25) is 0 Å². The van der Waals surface area contributed by atoms with Crippen LogP contribution >= 0.6 is 15.9 Å². The second-order valence-corrected chi connectivity index (χ2v) is 3.71. The van der Waals surface area contributed by atoms with Crippen LogP contribution < -0.4 is 10.1 Å². The summed E-state index contributed by atoms with van der Waals surface area (Å²) >= 11 is 3.25. The van der Waals surface area contributed by atoms with Crippen molar-refractivity contribution in [2.75, 3.05) is 19.5 Å². The first-order chi connectivity index (χ1) is 7.58. The molecule has 0 atom stereocenters. The molecule has 1 aromatic carbocycles. The Morgan fingerprint density at radius 1 is 1.31 bits per heavy atom. The summed E-state index contributed by atoms with van der Waals surface area (Å²) in [7, 11) is 2.61. The molecule has 16 heavy (non-hydrogen) atoms. The maximum Gasteiger partial charge on any atom is 0.396 e. The summed E-state index contributed by atoms with van der Waals surface area (Å²) in [5.74, 6) is -1.35. The Kier molecular flexibility index (Phi) is 4.30. The molecule has 1 N–H and O–H groups in total. The molecular formula is C10H10BrNO4. The molecular weight excluding hydrogens is 278 g/mol. The lowest BCUT2D eigenvalue weighted by atomic mass is 10.3. The Balaban J connectivity index is 2.91. The van der Waals surface area contributed by atoms with Gasteiger partial charge < -0.3 is 14.8 Å². The normalized spacial score (nSPS) is 9.44. The van der Waals surface area contributed by atoms with Gasteiger partial charge in [-0.3, -0.25) is 4.79 Å². The lowest BCUT2D eigenvalue weighted by molar-refractivity contribution is -0.150. The minimum absolute atomic E-state index is 0.396. The fraction of sp³-hybridized carbons (Fsp3) is 0.200. The molecule has 0 radical (unpaired) electrons. The number of methoxy groups -OCH3 is 2. The van der Waals surface area contributed by atoms with Crippen molar-refractivity contribution < 1.29 is 19.1 Å². The van der Waals surface area contributed by atoms with Gasteiger partial charge in [-0.05, 0) is 18.2 Å². The number of ether oxygens (including phenoxy) is 2. The first kappa shape index (κ1) is 12.5. The van der Waals surface area contributed by atoms with Crippen molar-refractivity contribution in [2.24, 2.45) is 0 Å². The van der Waals surface area contributed by atoms with E-state index in [1.807, 2.05) is 0 Å². The van der Waals surface area contributed by atoms with Crippen LogP contribution in [0.4, 0.5) is 5.69 Å². The molecule has 0 aliphatic heterocycles. The maximum atomic E-state index is 11.3. The second-order valence-electron chi connectivity index (χ2n) is 2.79. The van der Waals surface area contributed by atoms with Crippen LogP contribution in [0, 0.1) is 0 Å². The number of carbonyl (C=O) groups excluding carboxylic acids is 2. The van der Waals surface area contributed by atoms with Gasteiger partial charge in [-0.2, -0.15) is 0 Å². The van der Waals surface area contributed by atoms with E-state index in [4.69, 9.17) is 4.74 Å². The number of rotatable bonds is 2. The third-order valence-electron chi connectivity index (χ3n) is 1.78. The molecule has 86 valence electrons. The van der Waals surface area contributed by atoms with Crippen LogP contribution in [0.3, 0.4) is 0 Å². The molecule has 0 bridgehead atoms. The topological polar surface area (TPSA) is 64.6 Å². The van der Waals surface area contributed by atoms with Gasteiger partial charge in [0, 0.05) is 4.47 Å². The Morgan fingerprint density at radius 3 is 2.56 bits per heavy atom. The minimum atomic E-state index is -0.956. The van der Waals surface area contributed by atoms with E-state index in [0.717, 1.165) is 11.6 Å². The average Bonchev–Trinajstić information content (AvgIpc) is 2.28. The molecule has 6 heteroatoms. The third-order valence-corrected chi connectivity index (χ3v) is 2.27. The number of esters is 1. The van der Waals surface area contributed by atoms with Crippen molar-refractivity contribution in [3.8, 4) is 5.75 Å². The smallest absolute Gasteiger partial charge is 0.396 e. The highest BCUT2D eigenvalue weighted by Gasteiger charge is 2.15. The second kappa shape index (κ2) is 5.50. The number of carbonyl (C=O) groups is 2. The molecule has 0 saturated carbocycles. The Bertz CT molecular complexity index is 419. The summed E-state index contributed by atoms with van der Waals surface area (Å²) in [6, 6.07) is 5.04. The van der Waals surface area contributed by atoms with Gasteiger partial charge in [0.2, 0.25) is 0 Å². The standard InChI is InChI=1S/C10H10BrNO4/c1-15-8-4-3-6(11)5-7(8)12-9(13)10(14)16-2/h3-5H,1-2H3,(H,12,13). The van der Waals surface area contributed by atoms with Gasteiger partial charge in [0.25, 0.3) is 0 Å². The van der Waals surface area contributed by atoms with Crippen molar-refractivity contribution in [3.63, 3.8) is 0 Å². The molecule has 0 aromatic heterocycles. The van der Waals surface area contributed by atoms with Gasteiger partial charge in [0.1, 0.15) is 5.75 Å². The van der Waals surface area contributed by atoms with Gasteiger partial charge in [-0.25, -0.2) is 4.79 Å². The number of anilines is 1. The third kappa shape index (κ3) is 2.96. The SMILES string of the molecule is COC(=O)C(=O)Nc1cc(Br)ccc1OC. The Hall–Kier alpha value is -1.56. The van der Waals surface area contributed by atoms with E-state index < -0.39 is 11.9 Å².